The maximum atomic E-state index is 5.47. The Balaban J connectivity index is 1.57. The molecular weight excluding hydrogens is 296 g/mol. The van der Waals surface area contributed by atoms with Gasteiger partial charge in [0.2, 0.25) is 0 Å². The van der Waals surface area contributed by atoms with Gasteiger partial charge >= 0.3 is 0 Å². The molecule has 1 fully saturated rings. The first-order chi connectivity index (χ1) is 10.8. The van der Waals surface area contributed by atoms with E-state index in [1.165, 1.54) is 23.4 Å². The van der Waals surface area contributed by atoms with Gasteiger partial charge in [0.25, 0.3) is 0 Å². The van der Waals surface area contributed by atoms with E-state index >= 15 is 0 Å². The second-order valence-corrected chi connectivity index (χ2v) is 7.35. The quantitative estimate of drug-likeness (QED) is 0.821. The molecule has 3 heterocycles. The Morgan fingerprint density at radius 2 is 2.32 bits per heavy atom. The van der Waals surface area contributed by atoms with Crippen molar-refractivity contribution in [1.82, 2.24) is 19.9 Å². The number of nitrogens with zero attached hydrogens (tertiary/aromatic N) is 4. The summed E-state index contributed by atoms with van der Waals surface area (Å²) >= 11 is 1.82. The van der Waals surface area contributed by atoms with Crippen LogP contribution in [0.15, 0.2) is 17.5 Å². The summed E-state index contributed by atoms with van der Waals surface area (Å²) in [6.07, 6.45) is 3.74. The Morgan fingerprint density at radius 1 is 1.41 bits per heavy atom. The van der Waals surface area contributed by atoms with E-state index in [2.05, 4.69) is 37.4 Å². The summed E-state index contributed by atoms with van der Waals surface area (Å²) in [5.74, 6) is 0.829. The van der Waals surface area contributed by atoms with Crippen molar-refractivity contribution in [2.24, 2.45) is 5.92 Å². The highest BCUT2D eigenvalue weighted by Gasteiger charge is 2.33. The number of hydrogen-bond acceptors (Lipinski definition) is 5. The smallest absolute Gasteiger partial charge is 0.105 e. The third kappa shape index (κ3) is 2.83. The van der Waals surface area contributed by atoms with E-state index in [0.717, 1.165) is 37.7 Å². The second-order valence-electron chi connectivity index (χ2n) is 6.32. The minimum atomic E-state index is 0.226. The molecule has 0 saturated heterocycles. The van der Waals surface area contributed by atoms with Gasteiger partial charge in [-0.1, -0.05) is 11.3 Å². The zero-order valence-corrected chi connectivity index (χ0v) is 13.8. The van der Waals surface area contributed by atoms with Gasteiger partial charge in [0.15, 0.2) is 0 Å². The molecule has 0 N–H and O–H groups in total. The van der Waals surface area contributed by atoms with Gasteiger partial charge in [0.1, 0.15) is 5.69 Å². The maximum absolute atomic E-state index is 5.47. The highest BCUT2D eigenvalue weighted by atomic mass is 32.1. The number of hydrogen-bond donors (Lipinski definition) is 0. The standard InChI is InChI=1S/C16H22N4OS/c1-21-11-15-16-14(20(18-17-16)9-12-4-5-12)6-7-19(15)10-13-3-2-8-22-13/h2-3,8,12,15H,4-7,9-11H2,1H3/t15-/m0/s1. The van der Waals surface area contributed by atoms with Crippen molar-refractivity contribution in [2.45, 2.75) is 38.4 Å². The number of ether oxygens (including phenoxy) is 1. The molecular formula is C16H22N4OS. The normalized spacial score (nSPS) is 22.0. The molecule has 4 rings (SSSR count). The van der Waals surface area contributed by atoms with Crippen LogP contribution >= 0.6 is 11.3 Å². The summed E-state index contributed by atoms with van der Waals surface area (Å²) in [6, 6.07) is 4.55. The van der Waals surface area contributed by atoms with Crippen LogP contribution < -0.4 is 0 Å². The number of thiophene rings is 1. The molecule has 0 bridgehead atoms. The van der Waals surface area contributed by atoms with Gasteiger partial charge in [-0.25, -0.2) is 4.68 Å². The Hall–Kier alpha value is -1.24. The summed E-state index contributed by atoms with van der Waals surface area (Å²) in [5.41, 5.74) is 2.46. The van der Waals surface area contributed by atoms with E-state index in [-0.39, 0.29) is 6.04 Å². The van der Waals surface area contributed by atoms with Crippen molar-refractivity contribution in [3.05, 3.63) is 33.8 Å². The van der Waals surface area contributed by atoms with E-state index < -0.39 is 0 Å². The lowest BCUT2D eigenvalue weighted by Crippen LogP contribution is -2.37. The van der Waals surface area contributed by atoms with Crippen molar-refractivity contribution in [1.29, 1.82) is 0 Å². The van der Waals surface area contributed by atoms with Gasteiger partial charge in [-0.2, -0.15) is 0 Å². The SMILES string of the molecule is COC[C@H]1c2nnn(CC3CC3)c2CCN1Cc1cccs1. The summed E-state index contributed by atoms with van der Waals surface area (Å²) in [4.78, 5) is 3.88. The summed E-state index contributed by atoms with van der Waals surface area (Å²) in [6.45, 7) is 3.76. The van der Waals surface area contributed by atoms with E-state index in [4.69, 9.17) is 4.74 Å². The van der Waals surface area contributed by atoms with Crippen LogP contribution in [0.1, 0.15) is 35.1 Å². The number of fused-ring (bicyclic) bond motifs is 1. The van der Waals surface area contributed by atoms with Crippen LogP contribution in [0, 0.1) is 5.92 Å². The molecule has 1 atom stereocenters. The minimum Gasteiger partial charge on any atom is -0.383 e. The summed E-state index contributed by atoms with van der Waals surface area (Å²) in [7, 11) is 1.77. The molecule has 0 spiro atoms. The summed E-state index contributed by atoms with van der Waals surface area (Å²) < 4.78 is 7.63. The molecule has 1 saturated carbocycles. The highest BCUT2D eigenvalue weighted by Crippen LogP contribution is 2.34. The molecule has 5 nitrogen and oxygen atoms in total. The molecule has 2 aliphatic rings. The maximum Gasteiger partial charge on any atom is 0.105 e. The van der Waals surface area contributed by atoms with Gasteiger partial charge in [-0.05, 0) is 30.2 Å². The molecule has 0 aromatic carbocycles. The van der Waals surface area contributed by atoms with Crippen LogP contribution in [-0.4, -0.2) is 40.2 Å². The fourth-order valence-corrected chi connectivity index (χ4v) is 4.00. The van der Waals surface area contributed by atoms with Crippen molar-refractivity contribution in [3.8, 4) is 0 Å². The molecule has 2 aromatic heterocycles. The van der Waals surface area contributed by atoms with Crippen LogP contribution in [0.25, 0.3) is 0 Å². The Labute approximate surface area is 134 Å². The zero-order chi connectivity index (χ0) is 14.9. The van der Waals surface area contributed by atoms with Gasteiger partial charge in [-0.15, -0.1) is 16.4 Å². The molecule has 0 amide bonds. The van der Waals surface area contributed by atoms with E-state index in [1.54, 1.807) is 7.11 Å². The highest BCUT2D eigenvalue weighted by molar-refractivity contribution is 7.09. The van der Waals surface area contributed by atoms with Crippen molar-refractivity contribution >= 4 is 11.3 Å². The zero-order valence-electron chi connectivity index (χ0n) is 12.9. The lowest BCUT2D eigenvalue weighted by atomic mass is 10.0. The number of rotatable bonds is 6. The van der Waals surface area contributed by atoms with Gasteiger partial charge in [0, 0.05) is 38.0 Å². The van der Waals surface area contributed by atoms with E-state index in [0.29, 0.717) is 6.61 Å². The third-order valence-corrected chi connectivity index (χ3v) is 5.51. The Bertz CT molecular complexity index is 620. The lowest BCUT2D eigenvalue weighted by Gasteiger charge is -2.34. The van der Waals surface area contributed by atoms with Crippen LogP contribution in [0.3, 0.4) is 0 Å². The minimum absolute atomic E-state index is 0.226. The Kier molecular flexibility index (Phi) is 3.98. The molecule has 6 heteroatoms. The molecule has 118 valence electrons. The molecule has 1 aliphatic heterocycles. The molecule has 0 unspecified atom stereocenters. The lowest BCUT2D eigenvalue weighted by molar-refractivity contribution is 0.0756. The third-order valence-electron chi connectivity index (χ3n) is 4.65. The van der Waals surface area contributed by atoms with Gasteiger partial charge in [0.05, 0.1) is 18.3 Å². The average molecular weight is 318 g/mol. The first kappa shape index (κ1) is 14.4. The van der Waals surface area contributed by atoms with E-state index in [1.807, 2.05) is 11.3 Å². The number of aromatic nitrogens is 3. The van der Waals surface area contributed by atoms with Crippen LogP contribution in [0.4, 0.5) is 0 Å². The first-order valence-corrected chi connectivity index (χ1v) is 8.90. The van der Waals surface area contributed by atoms with Crippen LogP contribution in [-0.2, 0) is 24.2 Å². The largest absolute Gasteiger partial charge is 0.383 e. The predicted octanol–water partition coefficient (Wildman–Crippen LogP) is 2.50. The molecule has 0 radical (unpaired) electrons. The number of methoxy groups -OCH3 is 1. The van der Waals surface area contributed by atoms with Crippen LogP contribution in [0.5, 0.6) is 0 Å². The topological polar surface area (TPSA) is 43.2 Å². The van der Waals surface area contributed by atoms with E-state index in [9.17, 15) is 0 Å². The monoisotopic (exact) mass is 318 g/mol. The molecule has 1 aliphatic carbocycles. The van der Waals surface area contributed by atoms with Crippen molar-refractivity contribution in [2.75, 3.05) is 20.3 Å². The fourth-order valence-electron chi connectivity index (χ4n) is 3.27. The van der Waals surface area contributed by atoms with Crippen molar-refractivity contribution in [3.63, 3.8) is 0 Å². The van der Waals surface area contributed by atoms with Gasteiger partial charge in [-0.3, -0.25) is 4.90 Å². The predicted molar refractivity (Wildman–Crippen MR) is 85.8 cm³/mol. The van der Waals surface area contributed by atoms with Crippen LogP contribution in [0.2, 0.25) is 0 Å². The first-order valence-electron chi connectivity index (χ1n) is 8.02. The van der Waals surface area contributed by atoms with Crippen molar-refractivity contribution < 1.29 is 4.74 Å². The second kappa shape index (κ2) is 6.10. The Morgan fingerprint density at radius 3 is 3.05 bits per heavy atom. The average Bonchev–Trinajstić information content (AvgIpc) is 3.02. The molecule has 22 heavy (non-hydrogen) atoms. The molecule has 2 aromatic rings. The van der Waals surface area contributed by atoms with Gasteiger partial charge < -0.3 is 4.74 Å². The fraction of sp³-hybridized carbons (Fsp3) is 0.625. The summed E-state index contributed by atoms with van der Waals surface area (Å²) in [5, 5.41) is 11.1.